The van der Waals surface area contributed by atoms with Crippen molar-refractivity contribution >= 4 is 23.2 Å². The first-order valence-corrected chi connectivity index (χ1v) is 5.85. The summed E-state index contributed by atoms with van der Waals surface area (Å²) >= 11 is 0. The summed E-state index contributed by atoms with van der Waals surface area (Å²) in [5, 5.41) is 4.90. The fraction of sp³-hybridized carbons (Fsp3) is 0.0714. The molecule has 2 rings (SSSR count). The normalized spacial score (nSPS) is 9.90. The fourth-order valence-electron chi connectivity index (χ4n) is 1.55. The summed E-state index contributed by atoms with van der Waals surface area (Å²) in [6.07, 6.45) is 2.39. The van der Waals surface area contributed by atoms with E-state index in [9.17, 15) is 14.0 Å². The molecule has 1 aromatic heterocycles. The number of halogens is 1. The predicted molar refractivity (Wildman–Crippen MR) is 73.3 cm³/mol. The number of benzene rings is 1. The molecule has 5 nitrogen and oxygen atoms in total. The maximum absolute atomic E-state index is 13.3. The molecule has 6 heteroatoms. The van der Waals surface area contributed by atoms with Crippen LogP contribution >= 0.6 is 0 Å². The number of carbonyl (C=O) groups excluding carboxylic acids is 2. The molecule has 0 aliphatic carbocycles. The molecule has 2 aromatic rings. The third kappa shape index (κ3) is 3.38. The molecule has 1 heterocycles. The van der Waals surface area contributed by atoms with Crippen LogP contribution in [0.5, 0.6) is 0 Å². The lowest BCUT2D eigenvalue weighted by Crippen LogP contribution is -2.20. The van der Waals surface area contributed by atoms with Crippen LogP contribution in [0.15, 0.2) is 42.7 Å². The summed E-state index contributed by atoms with van der Waals surface area (Å²) in [6, 6.07) is 7.17. The second-order valence-electron chi connectivity index (χ2n) is 4.07. The Morgan fingerprint density at radius 1 is 1.10 bits per heavy atom. The monoisotopic (exact) mass is 273 g/mol. The Morgan fingerprint density at radius 3 is 2.40 bits per heavy atom. The highest BCUT2D eigenvalue weighted by molar-refractivity contribution is 6.00. The first-order chi connectivity index (χ1) is 9.56. The van der Waals surface area contributed by atoms with Gasteiger partial charge in [-0.15, -0.1) is 0 Å². The summed E-state index contributed by atoms with van der Waals surface area (Å²) in [6.45, 7) is 1.46. The number of nitrogens with one attached hydrogen (secondary N) is 2. The number of aromatic nitrogens is 1. The third-order valence-corrected chi connectivity index (χ3v) is 2.57. The van der Waals surface area contributed by atoms with Gasteiger partial charge in [0.2, 0.25) is 0 Å². The number of amides is 2. The minimum atomic E-state index is -0.616. The first kappa shape index (κ1) is 13.7. The predicted octanol–water partition coefficient (Wildman–Crippen LogP) is 3.07. The lowest BCUT2D eigenvalue weighted by atomic mass is 10.1. The Labute approximate surface area is 114 Å². The molecular formula is C14H12FN3O2. The fourth-order valence-corrected chi connectivity index (χ4v) is 1.55. The van der Waals surface area contributed by atoms with Gasteiger partial charge in [-0.25, -0.2) is 9.18 Å². The number of anilines is 2. The molecule has 0 bridgehead atoms. The summed E-state index contributed by atoms with van der Waals surface area (Å²) in [4.78, 5) is 26.4. The second kappa shape index (κ2) is 5.92. The Bertz CT molecular complexity index is 641. The average molecular weight is 273 g/mol. The molecular weight excluding hydrogens is 261 g/mol. The van der Waals surface area contributed by atoms with Crippen molar-refractivity contribution in [2.45, 2.75) is 6.92 Å². The number of carbonyl (C=O) groups is 2. The first-order valence-electron chi connectivity index (χ1n) is 5.85. The lowest BCUT2D eigenvalue weighted by molar-refractivity contribution is 0.101. The molecule has 0 aliphatic rings. The number of rotatable bonds is 3. The topological polar surface area (TPSA) is 71.1 Å². The molecule has 0 saturated heterocycles. The van der Waals surface area contributed by atoms with Crippen LogP contribution in [0.2, 0.25) is 0 Å². The molecule has 20 heavy (non-hydrogen) atoms. The van der Waals surface area contributed by atoms with Crippen LogP contribution in [0.1, 0.15) is 17.3 Å². The Kier molecular flexibility index (Phi) is 4.05. The number of pyridine rings is 1. The number of nitrogens with zero attached hydrogens (tertiary/aromatic N) is 1. The number of hydrogen-bond acceptors (Lipinski definition) is 3. The molecule has 102 valence electrons. The van der Waals surface area contributed by atoms with Crippen molar-refractivity contribution in [2.24, 2.45) is 0 Å². The molecule has 0 fully saturated rings. The van der Waals surface area contributed by atoms with Crippen LogP contribution < -0.4 is 10.6 Å². The van der Waals surface area contributed by atoms with Crippen LogP contribution in [-0.4, -0.2) is 16.8 Å². The highest BCUT2D eigenvalue weighted by Crippen LogP contribution is 2.13. The SMILES string of the molecule is CC(=O)c1ccc(NC(=O)Nc2ccncc2F)cc1. The van der Waals surface area contributed by atoms with Gasteiger partial charge in [0.25, 0.3) is 0 Å². The van der Waals surface area contributed by atoms with Gasteiger partial charge in [0.1, 0.15) is 0 Å². The molecule has 2 N–H and O–H groups in total. The van der Waals surface area contributed by atoms with E-state index in [2.05, 4.69) is 15.6 Å². The zero-order chi connectivity index (χ0) is 14.5. The Morgan fingerprint density at radius 2 is 1.80 bits per heavy atom. The van der Waals surface area contributed by atoms with Gasteiger partial charge in [-0.05, 0) is 37.3 Å². The lowest BCUT2D eigenvalue weighted by Gasteiger charge is -2.08. The van der Waals surface area contributed by atoms with Gasteiger partial charge in [0.15, 0.2) is 11.6 Å². The van der Waals surface area contributed by atoms with Gasteiger partial charge in [-0.2, -0.15) is 0 Å². The summed E-state index contributed by atoms with van der Waals surface area (Å²) < 4.78 is 13.3. The summed E-state index contributed by atoms with van der Waals surface area (Å²) in [5.41, 5.74) is 1.09. The summed E-state index contributed by atoms with van der Waals surface area (Å²) in [7, 11) is 0. The highest BCUT2D eigenvalue weighted by atomic mass is 19.1. The van der Waals surface area contributed by atoms with Crippen LogP contribution in [0, 0.1) is 5.82 Å². The molecule has 0 saturated carbocycles. The molecule has 0 atom stereocenters. The third-order valence-electron chi connectivity index (χ3n) is 2.57. The number of hydrogen-bond donors (Lipinski definition) is 2. The minimum absolute atomic E-state index is 0.0397. The zero-order valence-electron chi connectivity index (χ0n) is 10.7. The molecule has 0 radical (unpaired) electrons. The maximum Gasteiger partial charge on any atom is 0.323 e. The van der Waals surface area contributed by atoms with E-state index in [1.807, 2.05) is 0 Å². The van der Waals surface area contributed by atoms with Gasteiger partial charge in [0.05, 0.1) is 11.9 Å². The van der Waals surface area contributed by atoms with Gasteiger partial charge in [-0.3, -0.25) is 9.78 Å². The zero-order valence-corrected chi connectivity index (χ0v) is 10.7. The standard InChI is InChI=1S/C14H12FN3O2/c1-9(19)10-2-4-11(5-3-10)17-14(20)18-13-6-7-16-8-12(13)15/h2-8H,1H3,(H2,16,17,18,20). The van der Waals surface area contributed by atoms with E-state index in [0.717, 1.165) is 6.20 Å². The van der Waals surface area contributed by atoms with E-state index >= 15 is 0 Å². The van der Waals surface area contributed by atoms with Crippen molar-refractivity contribution in [3.05, 3.63) is 54.1 Å². The molecule has 0 unspecified atom stereocenters. The number of urea groups is 1. The van der Waals surface area contributed by atoms with Crippen LogP contribution in [-0.2, 0) is 0 Å². The van der Waals surface area contributed by atoms with Crippen molar-refractivity contribution in [1.29, 1.82) is 0 Å². The van der Waals surface area contributed by atoms with Gasteiger partial charge in [-0.1, -0.05) is 0 Å². The van der Waals surface area contributed by atoms with Crippen molar-refractivity contribution in [3.8, 4) is 0 Å². The average Bonchev–Trinajstić information content (AvgIpc) is 2.42. The second-order valence-corrected chi connectivity index (χ2v) is 4.07. The van der Waals surface area contributed by atoms with Gasteiger partial charge < -0.3 is 10.6 Å². The number of ketones is 1. The van der Waals surface area contributed by atoms with Crippen molar-refractivity contribution in [1.82, 2.24) is 4.98 Å². The van der Waals surface area contributed by atoms with Crippen LogP contribution in [0.25, 0.3) is 0 Å². The van der Waals surface area contributed by atoms with E-state index < -0.39 is 11.8 Å². The van der Waals surface area contributed by atoms with Crippen molar-refractivity contribution in [2.75, 3.05) is 10.6 Å². The largest absolute Gasteiger partial charge is 0.323 e. The smallest absolute Gasteiger partial charge is 0.308 e. The van der Waals surface area contributed by atoms with Crippen molar-refractivity contribution in [3.63, 3.8) is 0 Å². The van der Waals surface area contributed by atoms with E-state index in [4.69, 9.17) is 0 Å². The van der Waals surface area contributed by atoms with Crippen LogP contribution in [0.3, 0.4) is 0 Å². The Balaban J connectivity index is 2.01. The Hall–Kier alpha value is -2.76. The summed E-state index contributed by atoms with van der Waals surface area (Å²) in [5.74, 6) is -0.672. The molecule has 0 aliphatic heterocycles. The van der Waals surface area contributed by atoms with E-state index in [0.29, 0.717) is 11.3 Å². The van der Waals surface area contributed by atoms with Crippen LogP contribution in [0.4, 0.5) is 20.6 Å². The number of Topliss-reactive ketones (excluding diaryl/α,β-unsaturated/α-hetero) is 1. The molecule has 1 aromatic carbocycles. The van der Waals surface area contributed by atoms with Crippen molar-refractivity contribution < 1.29 is 14.0 Å². The quantitative estimate of drug-likeness (QED) is 0.844. The minimum Gasteiger partial charge on any atom is -0.308 e. The molecule has 2 amide bonds. The van der Waals surface area contributed by atoms with E-state index in [1.165, 1.54) is 19.2 Å². The maximum atomic E-state index is 13.3. The highest BCUT2D eigenvalue weighted by Gasteiger charge is 2.07. The van der Waals surface area contributed by atoms with E-state index in [-0.39, 0.29) is 11.5 Å². The molecule has 0 spiro atoms. The van der Waals surface area contributed by atoms with E-state index in [1.54, 1.807) is 24.3 Å². The van der Waals surface area contributed by atoms with Gasteiger partial charge >= 0.3 is 6.03 Å². The van der Waals surface area contributed by atoms with Gasteiger partial charge in [0, 0.05) is 17.4 Å².